The maximum atomic E-state index is 11.1. The van der Waals surface area contributed by atoms with Crippen LogP contribution in [0.2, 0.25) is 0 Å². The van der Waals surface area contributed by atoms with Gasteiger partial charge in [-0.2, -0.15) is 8.42 Å². The van der Waals surface area contributed by atoms with E-state index in [4.69, 9.17) is 19.3 Å². The summed E-state index contributed by atoms with van der Waals surface area (Å²) in [6.07, 6.45) is 2.50. The Bertz CT molecular complexity index is 2030. The lowest BCUT2D eigenvalue weighted by Gasteiger charge is -2.34. The second kappa shape index (κ2) is 16.5. The predicted molar refractivity (Wildman–Crippen MR) is 202 cm³/mol. The Morgan fingerprint density at radius 2 is 1.16 bits per heavy atom. The first-order valence-corrected chi connectivity index (χ1v) is 19.6. The van der Waals surface area contributed by atoms with Gasteiger partial charge in [0.1, 0.15) is 11.5 Å². The fourth-order valence-electron chi connectivity index (χ4n) is 6.84. The van der Waals surface area contributed by atoms with Gasteiger partial charge >= 0.3 is 0 Å². The number of rotatable bonds is 17. The zero-order valence-corrected chi connectivity index (χ0v) is 30.3. The smallest absolute Gasteiger partial charge is 0.264 e. The Labute approximate surface area is 304 Å². The standard InChI is InChI=1S/C41H42O8S2/c1-29-7-10-31(11-8-29)32-12-22-38-37-21-9-30(2)27-39(37)41(40(38)28-32,33-13-17-35(18-14-33)46-23-3-5-25-50-49-48-42)34-15-19-36(20-16-34)47-24-4-6-26-51(43,44)45/h7-22,27-28,42H,3-6,23-26H2,1-2H3,(H,43,44,45). The molecule has 266 valence electrons. The van der Waals surface area contributed by atoms with Gasteiger partial charge in [-0.15, -0.1) is 4.33 Å². The summed E-state index contributed by atoms with van der Waals surface area (Å²) < 4.78 is 47.8. The van der Waals surface area contributed by atoms with Crippen molar-refractivity contribution in [1.29, 1.82) is 0 Å². The van der Waals surface area contributed by atoms with Crippen LogP contribution < -0.4 is 9.47 Å². The first-order valence-electron chi connectivity index (χ1n) is 17.0. The topological polar surface area (TPSA) is 112 Å². The van der Waals surface area contributed by atoms with E-state index >= 15 is 0 Å². The van der Waals surface area contributed by atoms with E-state index in [9.17, 15) is 8.42 Å². The molecular weight excluding hydrogens is 685 g/mol. The van der Waals surface area contributed by atoms with Gasteiger partial charge in [0.25, 0.3) is 10.1 Å². The highest BCUT2D eigenvalue weighted by molar-refractivity contribution is 7.94. The highest BCUT2D eigenvalue weighted by Crippen LogP contribution is 2.57. The first kappa shape index (κ1) is 36.6. The van der Waals surface area contributed by atoms with Crippen LogP contribution >= 0.6 is 12.0 Å². The molecule has 8 nitrogen and oxygen atoms in total. The van der Waals surface area contributed by atoms with Crippen molar-refractivity contribution in [3.05, 3.63) is 143 Å². The van der Waals surface area contributed by atoms with Crippen LogP contribution in [0.5, 0.6) is 11.5 Å². The summed E-state index contributed by atoms with van der Waals surface area (Å²) in [6.45, 7) is 5.12. The maximum absolute atomic E-state index is 11.1. The van der Waals surface area contributed by atoms with E-state index in [0.29, 0.717) is 37.6 Å². The van der Waals surface area contributed by atoms with Crippen molar-refractivity contribution in [2.24, 2.45) is 0 Å². The van der Waals surface area contributed by atoms with Crippen LogP contribution in [0.25, 0.3) is 22.3 Å². The maximum Gasteiger partial charge on any atom is 0.264 e. The number of aryl methyl sites for hydroxylation is 2. The Kier molecular flexibility index (Phi) is 11.8. The van der Waals surface area contributed by atoms with Gasteiger partial charge in [0.2, 0.25) is 0 Å². The van der Waals surface area contributed by atoms with Crippen molar-refractivity contribution in [2.75, 3.05) is 24.7 Å². The molecule has 0 radical (unpaired) electrons. The average Bonchev–Trinajstić information content (AvgIpc) is 3.41. The van der Waals surface area contributed by atoms with Gasteiger partial charge in [-0.05, 0) is 114 Å². The molecule has 1 unspecified atom stereocenters. The van der Waals surface area contributed by atoms with Crippen molar-refractivity contribution < 1.29 is 37.1 Å². The van der Waals surface area contributed by atoms with Crippen LogP contribution in [0.3, 0.4) is 0 Å². The monoisotopic (exact) mass is 726 g/mol. The number of fused-ring (bicyclic) bond motifs is 3. The van der Waals surface area contributed by atoms with E-state index in [2.05, 4.69) is 108 Å². The molecule has 0 amide bonds. The molecule has 1 aliphatic carbocycles. The van der Waals surface area contributed by atoms with Crippen molar-refractivity contribution in [1.82, 2.24) is 0 Å². The normalized spacial score (nSPS) is 15.0. The van der Waals surface area contributed by atoms with Gasteiger partial charge in [0.05, 0.1) is 24.4 Å². The molecule has 1 atom stereocenters. The quantitative estimate of drug-likeness (QED) is 0.0312. The van der Waals surface area contributed by atoms with Gasteiger partial charge in [-0.1, -0.05) is 95.0 Å². The third kappa shape index (κ3) is 8.49. The SMILES string of the molecule is Cc1ccc(-c2ccc3c(c2)C(c2ccc(OCCCCSOOO)cc2)(c2ccc(OCCCCS(=O)(=O)O)cc2)c2cc(C)ccc2-3)cc1. The van der Waals surface area contributed by atoms with Crippen LogP contribution in [-0.4, -0.2) is 42.9 Å². The molecule has 0 heterocycles. The number of ether oxygens (including phenoxy) is 2. The zero-order valence-electron chi connectivity index (χ0n) is 28.7. The molecule has 1 aliphatic rings. The van der Waals surface area contributed by atoms with Crippen LogP contribution in [0.1, 0.15) is 59.1 Å². The Balaban J connectivity index is 1.38. The molecule has 51 heavy (non-hydrogen) atoms. The minimum Gasteiger partial charge on any atom is -0.494 e. The number of benzene rings is 5. The molecule has 6 rings (SSSR count). The van der Waals surface area contributed by atoms with Gasteiger partial charge in [-0.3, -0.25) is 4.55 Å². The molecule has 0 aliphatic heterocycles. The fourth-order valence-corrected chi connectivity index (χ4v) is 7.84. The zero-order chi connectivity index (χ0) is 35.8. The fraction of sp³-hybridized carbons (Fsp3) is 0.268. The van der Waals surface area contributed by atoms with E-state index in [1.165, 1.54) is 33.4 Å². The third-order valence-corrected chi connectivity index (χ3v) is 10.7. The van der Waals surface area contributed by atoms with Crippen molar-refractivity contribution in [3.8, 4) is 33.8 Å². The van der Waals surface area contributed by atoms with Crippen LogP contribution in [0, 0.1) is 13.8 Å². The lowest BCUT2D eigenvalue weighted by atomic mass is 9.67. The molecule has 5 aromatic carbocycles. The second-order valence-corrected chi connectivity index (χ2v) is 15.2. The summed E-state index contributed by atoms with van der Waals surface area (Å²) in [6, 6.07) is 38.7. The first-order chi connectivity index (χ1) is 24.7. The lowest BCUT2D eigenvalue weighted by molar-refractivity contribution is -0.432. The minimum atomic E-state index is -3.98. The van der Waals surface area contributed by atoms with Crippen molar-refractivity contribution >= 4 is 22.2 Å². The van der Waals surface area contributed by atoms with Crippen molar-refractivity contribution in [2.45, 2.75) is 44.9 Å². The minimum absolute atomic E-state index is 0.277. The molecule has 10 heteroatoms. The van der Waals surface area contributed by atoms with Crippen LogP contribution in [-0.2, 0) is 24.9 Å². The second-order valence-electron chi connectivity index (χ2n) is 12.8. The highest BCUT2D eigenvalue weighted by Gasteiger charge is 2.46. The summed E-state index contributed by atoms with van der Waals surface area (Å²) in [5.74, 6) is 1.87. The van der Waals surface area contributed by atoms with E-state index in [1.807, 2.05) is 24.3 Å². The molecule has 0 spiro atoms. The summed E-state index contributed by atoms with van der Waals surface area (Å²) >= 11 is 1.05. The van der Waals surface area contributed by atoms with E-state index in [1.54, 1.807) is 0 Å². The molecule has 0 aromatic heterocycles. The third-order valence-electron chi connectivity index (χ3n) is 9.29. The lowest BCUT2D eigenvalue weighted by Crippen LogP contribution is -2.28. The molecule has 5 aromatic rings. The number of hydrogen-bond donors (Lipinski definition) is 2. The molecular formula is C41H42O8S2. The molecule has 2 N–H and O–H groups in total. The number of hydrogen-bond acceptors (Lipinski definition) is 8. The molecule has 0 bridgehead atoms. The van der Waals surface area contributed by atoms with Gasteiger partial charge in [-0.25, -0.2) is 5.26 Å². The Morgan fingerprint density at radius 1 is 0.627 bits per heavy atom. The van der Waals surface area contributed by atoms with Crippen LogP contribution in [0.15, 0.2) is 109 Å². The van der Waals surface area contributed by atoms with Crippen LogP contribution in [0.4, 0.5) is 0 Å². The summed E-state index contributed by atoms with van der Waals surface area (Å²) in [5.41, 5.74) is 11.0. The van der Waals surface area contributed by atoms with E-state index in [0.717, 1.165) is 52.9 Å². The molecule has 0 saturated carbocycles. The van der Waals surface area contributed by atoms with Crippen molar-refractivity contribution in [3.63, 3.8) is 0 Å². The van der Waals surface area contributed by atoms with Gasteiger partial charge < -0.3 is 9.47 Å². The largest absolute Gasteiger partial charge is 0.494 e. The van der Waals surface area contributed by atoms with Gasteiger partial charge in [0, 0.05) is 17.8 Å². The summed E-state index contributed by atoms with van der Waals surface area (Å²) in [5, 5.41) is 11.9. The highest BCUT2D eigenvalue weighted by atomic mass is 32.2. The summed E-state index contributed by atoms with van der Waals surface area (Å²) in [4.78, 5) is 0. The molecule has 0 fully saturated rings. The number of unbranched alkanes of at least 4 members (excludes halogenated alkanes) is 2. The average molecular weight is 727 g/mol. The van der Waals surface area contributed by atoms with E-state index < -0.39 is 15.5 Å². The van der Waals surface area contributed by atoms with E-state index in [-0.39, 0.29) is 5.75 Å². The molecule has 0 saturated heterocycles. The van der Waals surface area contributed by atoms with Gasteiger partial charge in [0.15, 0.2) is 0 Å². The Hall–Kier alpha value is -4.16. The summed E-state index contributed by atoms with van der Waals surface area (Å²) in [7, 11) is -3.98. The Morgan fingerprint density at radius 3 is 1.75 bits per heavy atom. The predicted octanol–water partition coefficient (Wildman–Crippen LogP) is 9.61.